The van der Waals surface area contributed by atoms with Crippen LogP contribution in [0.25, 0.3) is 0 Å². The Kier molecular flexibility index (Phi) is 6.91. The number of benzene rings is 1. The summed E-state index contributed by atoms with van der Waals surface area (Å²) in [6.07, 6.45) is 3.29. The van der Waals surface area contributed by atoms with Crippen LogP contribution in [0.3, 0.4) is 0 Å². The smallest absolute Gasteiger partial charge is 0.220 e. The van der Waals surface area contributed by atoms with Crippen LogP contribution in [0.15, 0.2) is 18.2 Å². The average molecular weight is 279 g/mol. The molecule has 4 heteroatoms. The predicted molar refractivity (Wildman–Crippen MR) is 80.4 cm³/mol. The van der Waals surface area contributed by atoms with E-state index in [0.29, 0.717) is 24.3 Å². The van der Waals surface area contributed by atoms with Crippen LogP contribution < -0.4 is 14.8 Å². The zero-order chi connectivity index (χ0) is 15.0. The van der Waals surface area contributed by atoms with Crippen molar-refractivity contribution >= 4 is 5.91 Å². The Morgan fingerprint density at radius 1 is 1.25 bits per heavy atom. The molecule has 0 saturated carbocycles. The highest BCUT2D eigenvalue weighted by molar-refractivity contribution is 5.76. The topological polar surface area (TPSA) is 47.6 Å². The van der Waals surface area contributed by atoms with E-state index >= 15 is 0 Å². The Bertz CT molecular complexity index is 432. The van der Waals surface area contributed by atoms with Gasteiger partial charge in [0.2, 0.25) is 5.91 Å². The Hall–Kier alpha value is -1.71. The average Bonchev–Trinajstić information content (AvgIpc) is 2.44. The number of ether oxygens (including phenoxy) is 2. The standard InChI is InChI=1S/C16H25NO3/c1-5-6-12(2)17-16(18)10-8-13-7-9-14(19-3)15(11-13)20-4/h7,9,11-12H,5-6,8,10H2,1-4H3,(H,17,18)/t12-/m0/s1. The maximum atomic E-state index is 11.8. The van der Waals surface area contributed by atoms with E-state index in [0.717, 1.165) is 18.4 Å². The summed E-state index contributed by atoms with van der Waals surface area (Å²) in [4.78, 5) is 11.8. The Morgan fingerprint density at radius 3 is 2.55 bits per heavy atom. The first-order valence-corrected chi connectivity index (χ1v) is 7.11. The number of aryl methyl sites for hydroxylation is 1. The third-order valence-electron chi connectivity index (χ3n) is 3.22. The van der Waals surface area contributed by atoms with E-state index in [4.69, 9.17) is 9.47 Å². The van der Waals surface area contributed by atoms with Gasteiger partial charge in [-0.1, -0.05) is 19.4 Å². The molecule has 4 nitrogen and oxygen atoms in total. The van der Waals surface area contributed by atoms with Crippen molar-refractivity contribution < 1.29 is 14.3 Å². The van der Waals surface area contributed by atoms with E-state index in [1.165, 1.54) is 0 Å². The molecule has 0 saturated heterocycles. The molecule has 0 fully saturated rings. The van der Waals surface area contributed by atoms with Gasteiger partial charge < -0.3 is 14.8 Å². The molecule has 20 heavy (non-hydrogen) atoms. The number of carbonyl (C=O) groups excluding carboxylic acids is 1. The minimum absolute atomic E-state index is 0.0979. The highest BCUT2D eigenvalue weighted by Gasteiger charge is 2.08. The maximum Gasteiger partial charge on any atom is 0.220 e. The molecule has 1 amide bonds. The largest absolute Gasteiger partial charge is 0.493 e. The van der Waals surface area contributed by atoms with Crippen LogP contribution >= 0.6 is 0 Å². The number of hydrogen-bond acceptors (Lipinski definition) is 3. The molecule has 0 aromatic heterocycles. The highest BCUT2D eigenvalue weighted by Crippen LogP contribution is 2.27. The van der Waals surface area contributed by atoms with Crippen LogP contribution in [0.2, 0.25) is 0 Å². The lowest BCUT2D eigenvalue weighted by atomic mass is 10.1. The van der Waals surface area contributed by atoms with Crippen molar-refractivity contribution in [2.24, 2.45) is 0 Å². The van der Waals surface area contributed by atoms with Crippen LogP contribution in [0.4, 0.5) is 0 Å². The zero-order valence-corrected chi connectivity index (χ0v) is 12.9. The normalized spacial score (nSPS) is 11.8. The van der Waals surface area contributed by atoms with Crippen LogP contribution in [-0.2, 0) is 11.2 Å². The predicted octanol–water partition coefficient (Wildman–Crippen LogP) is 2.94. The summed E-state index contributed by atoms with van der Waals surface area (Å²) in [6, 6.07) is 6.00. The van der Waals surface area contributed by atoms with Crippen molar-refractivity contribution in [3.8, 4) is 11.5 Å². The summed E-state index contributed by atoms with van der Waals surface area (Å²) >= 11 is 0. The number of carbonyl (C=O) groups is 1. The van der Waals surface area contributed by atoms with Gasteiger partial charge in [0.1, 0.15) is 0 Å². The van der Waals surface area contributed by atoms with Gasteiger partial charge in [-0.15, -0.1) is 0 Å². The molecule has 0 aliphatic heterocycles. The number of nitrogens with one attached hydrogen (secondary N) is 1. The monoisotopic (exact) mass is 279 g/mol. The minimum Gasteiger partial charge on any atom is -0.493 e. The molecule has 1 rings (SSSR count). The zero-order valence-electron chi connectivity index (χ0n) is 12.9. The van der Waals surface area contributed by atoms with E-state index in [-0.39, 0.29) is 11.9 Å². The van der Waals surface area contributed by atoms with Crippen molar-refractivity contribution in [2.45, 2.75) is 45.6 Å². The van der Waals surface area contributed by atoms with Gasteiger partial charge in [-0.2, -0.15) is 0 Å². The van der Waals surface area contributed by atoms with Crippen molar-refractivity contribution in [3.63, 3.8) is 0 Å². The second kappa shape index (κ2) is 8.46. The summed E-state index contributed by atoms with van der Waals surface area (Å²) in [7, 11) is 3.22. The fourth-order valence-electron chi connectivity index (χ4n) is 2.15. The summed E-state index contributed by atoms with van der Waals surface area (Å²) in [6.45, 7) is 4.16. The number of methoxy groups -OCH3 is 2. The van der Waals surface area contributed by atoms with Crippen molar-refractivity contribution in [2.75, 3.05) is 14.2 Å². The van der Waals surface area contributed by atoms with Gasteiger partial charge in [-0.05, 0) is 37.5 Å². The number of amides is 1. The van der Waals surface area contributed by atoms with Crippen LogP contribution in [0.5, 0.6) is 11.5 Å². The summed E-state index contributed by atoms with van der Waals surface area (Å²) in [5, 5.41) is 3.01. The SMILES string of the molecule is CCC[C@H](C)NC(=O)CCc1ccc(OC)c(OC)c1. The Labute approximate surface area is 121 Å². The molecule has 0 aliphatic carbocycles. The fraction of sp³-hybridized carbons (Fsp3) is 0.562. The first kappa shape index (κ1) is 16.3. The summed E-state index contributed by atoms with van der Waals surface area (Å²) in [5.41, 5.74) is 1.07. The van der Waals surface area contributed by atoms with E-state index in [1.54, 1.807) is 14.2 Å². The second-order valence-corrected chi connectivity index (χ2v) is 4.95. The van der Waals surface area contributed by atoms with E-state index < -0.39 is 0 Å². The van der Waals surface area contributed by atoms with Gasteiger partial charge in [0.25, 0.3) is 0 Å². The van der Waals surface area contributed by atoms with Gasteiger partial charge in [0.05, 0.1) is 14.2 Å². The van der Waals surface area contributed by atoms with Gasteiger partial charge >= 0.3 is 0 Å². The molecule has 0 unspecified atom stereocenters. The fourth-order valence-corrected chi connectivity index (χ4v) is 2.15. The van der Waals surface area contributed by atoms with Gasteiger partial charge in [0.15, 0.2) is 11.5 Å². The molecule has 1 aromatic carbocycles. The molecule has 0 spiro atoms. The lowest BCUT2D eigenvalue weighted by Crippen LogP contribution is -2.32. The molecular formula is C16H25NO3. The molecule has 1 aromatic rings. The molecule has 0 heterocycles. The lowest BCUT2D eigenvalue weighted by molar-refractivity contribution is -0.121. The quantitative estimate of drug-likeness (QED) is 0.796. The minimum atomic E-state index is 0.0979. The number of hydrogen-bond donors (Lipinski definition) is 1. The van der Waals surface area contributed by atoms with Crippen molar-refractivity contribution in [1.82, 2.24) is 5.32 Å². The number of rotatable bonds is 8. The van der Waals surface area contributed by atoms with E-state index in [1.807, 2.05) is 25.1 Å². The highest BCUT2D eigenvalue weighted by atomic mass is 16.5. The van der Waals surface area contributed by atoms with Crippen LogP contribution in [0, 0.1) is 0 Å². The molecule has 0 radical (unpaired) electrons. The van der Waals surface area contributed by atoms with Crippen LogP contribution in [0.1, 0.15) is 38.7 Å². The second-order valence-electron chi connectivity index (χ2n) is 4.95. The molecule has 1 N–H and O–H groups in total. The third kappa shape index (κ3) is 5.11. The van der Waals surface area contributed by atoms with Crippen molar-refractivity contribution in [3.05, 3.63) is 23.8 Å². The Morgan fingerprint density at radius 2 is 1.95 bits per heavy atom. The maximum absolute atomic E-state index is 11.8. The van der Waals surface area contributed by atoms with Gasteiger partial charge in [0, 0.05) is 12.5 Å². The summed E-state index contributed by atoms with van der Waals surface area (Å²) in [5.74, 6) is 1.50. The van der Waals surface area contributed by atoms with Crippen molar-refractivity contribution in [1.29, 1.82) is 0 Å². The van der Waals surface area contributed by atoms with E-state index in [9.17, 15) is 4.79 Å². The molecule has 0 bridgehead atoms. The third-order valence-corrected chi connectivity index (χ3v) is 3.22. The van der Waals surface area contributed by atoms with E-state index in [2.05, 4.69) is 12.2 Å². The Balaban J connectivity index is 2.51. The van der Waals surface area contributed by atoms with Crippen LogP contribution in [-0.4, -0.2) is 26.2 Å². The molecule has 112 valence electrons. The lowest BCUT2D eigenvalue weighted by Gasteiger charge is -2.13. The summed E-state index contributed by atoms with van der Waals surface area (Å²) < 4.78 is 10.4. The molecule has 0 aliphatic rings. The van der Waals surface area contributed by atoms with Gasteiger partial charge in [-0.25, -0.2) is 0 Å². The molecule has 1 atom stereocenters. The van der Waals surface area contributed by atoms with Gasteiger partial charge in [-0.3, -0.25) is 4.79 Å². The first-order valence-electron chi connectivity index (χ1n) is 7.11. The first-order chi connectivity index (χ1) is 9.60. The molecular weight excluding hydrogens is 254 g/mol.